The van der Waals surface area contributed by atoms with Gasteiger partial charge in [0, 0.05) is 32.8 Å². The Kier molecular flexibility index (Phi) is 9.61. The van der Waals surface area contributed by atoms with Gasteiger partial charge < -0.3 is 19.7 Å². The van der Waals surface area contributed by atoms with Crippen molar-refractivity contribution in [1.82, 2.24) is 10.2 Å². The molecule has 4 heteroatoms. The van der Waals surface area contributed by atoms with Crippen LogP contribution in [-0.2, 0) is 9.47 Å². The molecule has 0 bridgehead atoms. The molecule has 1 aliphatic heterocycles. The number of nitrogens with zero attached hydrogens (tertiary/aromatic N) is 1. The first-order valence-electron chi connectivity index (χ1n) is 7.02. The van der Waals surface area contributed by atoms with E-state index in [1.54, 1.807) is 0 Å². The van der Waals surface area contributed by atoms with Crippen LogP contribution in [-0.4, -0.2) is 64.1 Å². The first-order chi connectivity index (χ1) is 8.43. The minimum atomic E-state index is 0.828. The van der Waals surface area contributed by atoms with Gasteiger partial charge in [0.25, 0.3) is 0 Å². The second kappa shape index (κ2) is 11.0. The predicted octanol–water partition coefficient (Wildman–Crippen LogP) is 1.12. The van der Waals surface area contributed by atoms with Crippen LogP contribution in [0.25, 0.3) is 0 Å². The van der Waals surface area contributed by atoms with E-state index < -0.39 is 0 Å². The summed E-state index contributed by atoms with van der Waals surface area (Å²) in [6.07, 6.45) is 3.68. The summed E-state index contributed by atoms with van der Waals surface area (Å²) in [6.45, 7) is 11.0. The lowest BCUT2D eigenvalue weighted by atomic mass is 10.2. The van der Waals surface area contributed by atoms with Crippen molar-refractivity contribution in [1.29, 1.82) is 0 Å². The maximum Gasteiger partial charge on any atom is 0.0594 e. The van der Waals surface area contributed by atoms with Gasteiger partial charge in [-0.1, -0.05) is 0 Å². The Morgan fingerprint density at radius 2 is 2.12 bits per heavy atom. The van der Waals surface area contributed by atoms with Crippen molar-refractivity contribution >= 4 is 0 Å². The van der Waals surface area contributed by atoms with Crippen LogP contribution < -0.4 is 5.32 Å². The Balaban J connectivity index is 2.13. The van der Waals surface area contributed by atoms with Crippen LogP contribution in [0, 0.1) is 0 Å². The Hall–Kier alpha value is -0.160. The molecule has 0 spiro atoms. The Labute approximate surface area is 106 Å². The molecule has 1 fully saturated rings. The van der Waals surface area contributed by atoms with Crippen LogP contribution in [0.1, 0.15) is 26.2 Å². The second-order valence-electron chi connectivity index (χ2n) is 4.46. The normalized spacial score (nSPS) is 21.0. The van der Waals surface area contributed by atoms with Gasteiger partial charge in [-0.25, -0.2) is 0 Å². The molecule has 0 aromatic rings. The van der Waals surface area contributed by atoms with Crippen molar-refractivity contribution in [3.63, 3.8) is 0 Å². The van der Waals surface area contributed by atoms with E-state index >= 15 is 0 Å². The minimum absolute atomic E-state index is 0.828. The Morgan fingerprint density at radius 3 is 3.00 bits per heavy atom. The molecule has 0 aromatic carbocycles. The highest BCUT2D eigenvalue weighted by Crippen LogP contribution is 1.99. The summed E-state index contributed by atoms with van der Waals surface area (Å²) in [7, 11) is 0. The zero-order valence-electron chi connectivity index (χ0n) is 11.2. The molecule has 17 heavy (non-hydrogen) atoms. The monoisotopic (exact) mass is 244 g/mol. The van der Waals surface area contributed by atoms with Crippen molar-refractivity contribution in [2.45, 2.75) is 26.2 Å². The first-order valence-corrected chi connectivity index (χ1v) is 7.02. The molecule has 0 aliphatic carbocycles. The summed E-state index contributed by atoms with van der Waals surface area (Å²) in [5.74, 6) is 0. The number of ether oxygens (including phenoxy) is 2. The van der Waals surface area contributed by atoms with Crippen LogP contribution >= 0.6 is 0 Å². The van der Waals surface area contributed by atoms with Gasteiger partial charge in [0.2, 0.25) is 0 Å². The number of hydrogen-bond acceptors (Lipinski definition) is 4. The van der Waals surface area contributed by atoms with Crippen molar-refractivity contribution in [2.75, 3.05) is 59.2 Å². The van der Waals surface area contributed by atoms with Crippen LogP contribution in [0.5, 0.6) is 0 Å². The molecular weight excluding hydrogens is 216 g/mol. The van der Waals surface area contributed by atoms with E-state index in [1.807, 2.05) is 6.92 Å². The maximum atomic E-state index is 5.59. The van der Waals surface area contributed by atoms with Crippen LogP contribution in [0.2, 0.25) is 0 Å². The zero-order valence-corrected chi connectivity index (χ0v) is 11.2. The lowest BCUT2D eigenvalue weighted by Gasteiger charge is -2.21. The van der Waals surface area contributed by atoms with Gasteiger partial charge in [0.05, 0.1) is 13.2 Å². The molecule has 0 unspecified atom stereocenters. The quantitative estimate of drug-likeness (QED) is 0.735. The van der Waals surface area contributed by atoms with Gasteiger partial charge in [-0.3, -0.25) is 0 Å². The first kappa shape index (κ1) is 14.9. The summed E-state index contributed by atoms with van der Waals surface area (Å²) >= 11 is 0. The van der Waals surface area contributed by atoms with Gasteiger partial charge in [0.15, 0.2) is 0 Å². The number of hydrogen-bond donors (Lipinski definition) is 1. The Morgan fingerprint density at radius 1 is 1.18 bits per heavy atom. The number of nitrogens with one attached hydrogen (secondary N) is 1. The third kappa shape index (κ3) is 8.55. The third-order valence-electron chi connectivity index (χ3n) is 3.02. The standard InChI is InChI=1S/C13H28N2O2/c1-2-16-11-5-9-15-8-4-3-6-14-7-12-17-13-10-15/h14H,2-13H2,1H3. The molecule has 0 atom stereocenters. The van der Waals surface area contributed by atoms with Crippen LogP contribution in [0.15, 0.2) is 0 Å². The topological polar surface area (TPSA) is 33.7 Å². The predicted molar refractivity (Wildman–Crippen MR) is 70.5 cm³/mol. The van der Waals surface area contributed by atoms with Gasteiger partial charge in [-0.2, -0.15) is 0 Å². The SMILES string of the molecule is CCOCCCN1CCCCNCCOCC1. The fourth-order valence-electron chi connectivity index (χ4n) is 2.02. The van der Waals surface area contributed by atoms with E-state index in [4.69, 9.17) is 9.47 Å². The van der Waals surface area contributed by atoms with Crippen molar-refractivity contribution < 1.29 is 9.47 Å². The summed E-state index contributed by atoms with van der Waals surface area (Å²) < 4.78 is 11.0. The maximum absolute atomic E-state index is 5.59. The van der Waals surface area contributed by atoms with Crippen molar-refractivity contribution in [2.24, 2.45) is 0 Å². The summed E-state index contributed by atoms with van der Waals surface area (Å²) in [4.78, 5) is 2.50. The van der Waals surface area contributed by atoms with E-state index in [1.165, 1.54) is 19.4 Å². The third-order valence-corrected chi connectivity index (χ3v) is 3.02. The fourth-order valence-corrected chi connectivity index (χ4v) is 2.02. The average molecular weight is 244 g/mol. The average Bonchev–Trinajstić information content (AvgIpc) is 2.40. The van der Waals surface area contributed by atoms with E-state index in [0.717, 1.165) is 59.0 Å². The Bertz CT molecular complexity index is 155. The highest BCUT2D eigenvalue weighted by atomic mass is 16.5. The summed E-state index contributed by atoms with van der Waals surface area (Å²) in [5.41, 5.74) is 0. The minimum Gasteiger partial charge on any atom is -0.382 e. The van der Waals surface area contributed by atoms with E-state index in [-0.39, 0.29) is 0 Å². The van der Waals surface area contributed by atoms with E-state index in [9.17, 15) is 0 Å². The molecule has 1 saturated heterocycles. The van der Waals surface area contributed by atoms with Crippen molar-refractivity contribution in [3.8, 4) is 0 Å². The number of rotatable bonds is 5. The lowest BCUT2D eigenvalue weighted by Crippen LogP contribution is -2.30. The highest BCUT2D eigenvalue weighted by Gasteiger charge is 2.05. The van der Waals surface area contributed by atoms with Crippen molar-refractivity contribution in [3.05, 3.63) is 0 Å². The molecule has 0 radical (unpaired) electrons. The molecule has 102 valence electrons. The zero-order chi connectivity index (χ0) is 12.2. The molecule has 4 nitrogen and oxygen atoms in total. The van der Waals surface area contributed by atoms with Gasteiger partial charge in [-0.05, 0) is 39.3 Å². The van der Waals surface area contributed by atoms with Gasteiger partial charge >= 0.3 is 0 Å². The van der Waals surface area contributed by atoms with Crippen LogP contribution in [0.3, 0.4) is 0 Å². The molecule has 1 N–H and O–H groups in total. The smallest absolute Gasteiger partial charge is 0.0594 e. The van der Waals surface area contributed by atoms with Crippen LogP contribution in [0.4, 0.5) is 0 Å². The van der Waals surface area contributed by atoms with Gasteiger partial charge in [0.1, 0.15) is 0 Å². The molecule has 1 heterocycles. The van der Waals surface area contributed by atoms with E-state index in [2.05, 4.69) is 10.2 Å². The van der Waals surface area contributed by atoms with E-state index in [0.29, 0.717) is 0 Å². The molecular formula is C13H28N2O2. The molecule has 0 aromatic heterocycles. The van der Waals surface area contributed by atoms with Gasteiger partial charge in [-0.15, -0.1) is 0 Å². The summed E-state index contributed by atoms with van der Waals surface area (Å²) in [5, 5.41) is 3.39. The largest absolute Gasteiger partial charge is 0.382 e. The highest BCUT2D eigenvalue weighted by molar-refractivity contribution is 4.60. The second-order valence-corrected chi connectivity index (χ2v) is 4.46. The molecule has 1 aliphatic rings. The molecule has 1 rings (SSSR count). The summed E-state index contributed by atoms with van der Waals surface area (Å²) in [6, 6.07) is 0. The molecule has 0 saturated carbocycles. The molecule has 0 amide bonds. The lowest BCUT2D eigenvalue weighted by molar-refractivity contribution is 0.0966. The fraction of sp³-hybridized carbons (Fsp3) is 1.00.